The molecular weight excluding hydrogens is 336 g/mol. The zero-order valence-corrected chi connectivity index (χ0v) is 16.2. The Balaban J connectivity index is 1.28. The van der Waals surface area contributed by atoms with Gasteiger partial charge >= 0.3 is 0 Å². The largest absolute Gasteiger partial charge is 0.371 e. The maximum Gasteiger partial charge on any atom is 0.0921 e. The summed E-state index contributed by atoms with van der Waals surface area (Å²) >= 11 is 0. The van der Waals surface area contributed by atoms with Crippen molar-refractivity contribution in [3.8, 4) is 5.69 Å². The molecule has 3 aromatic rings. The van der Waals surface area contributed by atoms with E-state index < -0.39 is 0 Å². The topological polar surface area (TPSA) is 61.8 Å². The quantitative estimate of drug-likeness (QED) is 0.706. The van der Waals surface area contributed by atoms with Crippen LogP contribution in [0.1, 0.15) is 29.9 Å². The van der Waals surface area contributed by atoms with Crippen LogP contribution in [0.25, 0.3) is 5.69 Å². The van der Waals surface area contributed by atoms with E-state index in [9.17, 15) is 0 Å². The highest BCUT2D eigenvalue weighted by molar-refractivity contribution is 5.51. The van der Waals surface area contributed by atoms with Crippen LogP contribution in [0.15, 0.2) is 42.9 Å². The van der Waals surface area contributed by atoms with E-state index >= 15 is 0 Å². The van der Waals surface area contributed by atoms with Gasteiger partial charge in [0, 0.05) is 55.4 Å². The molecule has 0 aliphatic carbocycles. The van der Waals surface area contributed by atoms with Crippen molar-refractivity contribution in [2.45, 2.75) is 39.2 Å². The number of aromatic nitrogens is 4. The summed E-state index contributed by atoms with van der Waals surface area (Å²) in [6, 6.07) is 11.5. The summed E-state index contributed by atoms with van der Waals surface area (Å²) in [5, 5.41) is 8.25. The lowest BCUT2D eigenvalue weighted by atomic mass is 10.0. The Hall–Kier alpha value is -2.60. The Morgan fingerprint density at radius 3 is 2.48 bits per heavy atom. The van der Waals surface area contributed by atoms with Crippen molar-refractivity contribution >= 4 is 5.69 Å². The number of aromatic amines is 1. The predicted octanol–water partition coefficient (Wildman–Crippen LogP) is 3.01. The Bertz CT molecular complexity index is 841. The van der Waals surface area contributed by atoms with E-state index in [0.29, 0.717) is 6.04 Å². The highest BCUT2D eigenvalue weighted by atomic mass is 15.3. The molecule has 4 rings (SSSR count). The summed E-state index contributed by atoms with van der Waals surface area (Å²) in [7, 11) is 0. The van der Waals surface area contributed by atoms with Crippen molar-refractivity contribution in [3.05, 3.63) is 59.9 Å². The minimum Gasteiger partial charge on any atom is -0.371 e. The van der Waals surface area contributed by atoms with Crippen molar-refractivity contribution in [1.29, 1.82) is 0 Å². The summed E-state index contributed by atoms with van der Waals surface area (Å²) in [5.74, 6) is 0. The Morgan fingerprint density at radius 2 is 1.85 bits per heavy atom. The molecule has 0 unspecified atom stereocenters. The Labute approximate surface area is 160 Å². The van der Waals surface area contributed by atoms with E-state index in [1.165, 1.54) is 29.9 Å². The maximum absolute atomic E-state index is 4.57. The number of aryl methyl sites for hydroxylation is 2. The van der Waals surface area contributed by atoms with Crippen LogP contribution < -0.4 is 10.2 Å². The third-order valence-corrected chi connectivity index (χ3v) is 5.35. The predicted molar refractivity (Wildman–Crippen MR) is 109 cm³/mol. The summed E-state index contributed by atoms with van der Waals surface area (Å²) in [5.41, 5.74) is 5.85. The molecule has 1 aliphatic rings. The van der Waals surface area contributed by atoms with Crippen LogP contribution >= 0.6 is 0 Å². The van der Waals surface area contributed by atoms with Crippen LogP contribution in [0.4, 0.5) is 5.69 Å². The molecule has 3 heterocycles. The van der Waals surface area contributed by atoms with E-state index in [1.807, 2.05) is 17.8 Å². The van der Waals surface area contributed by atoms with Gasteiger partial charge in [0.2, 0.25) is 0 Å². The zero-order valence-electron chi connectivity index (χ0n) is 16.2. The SMILES string of the molecule is Cc1cc(C)n(-c2ccc(N3CCC(NCCc4cnc[nH]4)CC3)cc2)n1. The highest BCUT2D eigenvalue weighted by Gasteiger charge is 2.19. The van der Waals surface area contributed by atoms with Gasteiger partial charge in [0.05, 0.1) is 17.7 Å². The first-order chi connectivity index (χ1) is 13.2. The molecule has 2 aromatic heterocycles. The highest BCUT2D eigenvalue weighted by Crippen LogP contribution is 2.22. The van der Waals surface area contributed by atoms with Gasteiger partial charge in [0.25, 0.3) is 0 Å². The molecule has 0 saturated carbocycles. The minimum atomic E-state index is 0.609. The molecule has 2 N–H and O–H groups in total. The number of rotatable bonds is 6. The van der Waals surface area contributed by atoms with Crippen LogP contribution in [-0.2, 0) is 6.42 Å². The summed E-state index contributed by atoms with van der Waals surface area (Å²) in [6.07, 6.45) is 7.02. The summed E-state index contributed by atoms with van der Waals surface area (Å²) in [4.78, 5) is 9.71. The van der Waals surface area contributed by atoms with Gasteiger partial charge in [-0.3, -0.25) is 0 Å². The van der Waals surface area contributed by atoms with Gasteiger partial charge in [-0.1, -0.05) is 0 Å². The van der Waals surface area contributed by atoms with E-state index in [1.54, 1.807) is 6.33 Å². The third kappa shape index (κ3) is 4.22. The number of nitrogens with zero attached hydrogens (tertiary/aromatic N) is 4. The number of hydrogen-bond donors (Lipinski definition) is 2. The molecule has 6 nitrogen and oxygen atoms in total. The molecule has 1 fully saturated rings. The van der Waals surface area contributed by atoms with Crippen molar-refractivity contribution in [3.63, 3.8) is 0 Å². The van der Waals surface area contributed by atoms with Crippen LogP contribution in [0.5, 0.6) is 0 Å². The van der Waals surface area contributed by atoms with E-state index in [4.69, 9.17) is 0 Å². The second-order valence-electron chi connectivity index (χ2n) is 7.40. The molecule has 1 aromatic carbocycles. The van der Waals surface area contributed by atoms with Crippen LogP contribution in [0, 0.1) is 13.8 Å². The molecule has 0 bridgehead atoms. The van der Waals surface area contributed by atoms with Crippen LogP contribution in [0.2, 0.25) is 0 Å². The molecular formula is C21H28N6. The maximum atomic E-state index is 4.57. The summed E-state index contributed by atoms with van der Waals surface area (Å²) in [6.45, 7) is 7.33. The molecule has 1 saturated heterocycles. The van der Waals surface area contributed by atoms with Gasteiger partial charge in [-0.05, 0) is 57.0 Å². The normalized spacial score (nSPS) is 15.4. The fourth-order valence-corrected chi connectivity index (χ4v) is 3.87. The van der Waals surface area contributed by atoms with Crippen molar-refractivity contribution < 1.29 is 0 Å². The van der Waals surface area contributed by atoms with Crippen LogP contribution in [0.3, 0.4) is 0 Å². The molecule has 0 atom stereocenters. The molecule has 142 valence electrons. The van der Waals surface area contributed by atoms with Crippen LogP contribution in [-0.4, -0.2) is 45.4 Å². The first-order valence-electron chi connectivity index (χ1n) is 9.78. The van der Waals surface area contributed by atoms with Gasteiger partial charge in [-0.15, -0.1) is 0 Å². The lowest BCUT2D eigenvalue weighted by Gasteiger charge is -2.34. The van der Waals surface area contributed by atoms with Gasteiger partial charge in [-0.2, -0.15) is 5.10 Å². The van der Waals surface area contributed by atoms with Crippen molar-refractivity contribution in [1.82, 2.24) is 25.1 Å². The molecule has 0 radical (unpaired) electrons. The van der Waals surface area contributed by atoms with E-state index in [0.717, 1.165) is 37.4 Å². The van der Waals surface area contributed by atoms with E-state index in [2.05, 4.69) is 62.5 Å². The number of benzene rings is 1. The molecule has 6 heteroatoms. The number of nitrogens with one attached hydrogen (secondary N) is 2. The van der Waals surface area contributed by atoms with Gasteiger partial charge in [-0.25, -0.2) is 9.67 Å². The van der Waals surface area contributed by atoms with Crippen molar-refractivity contribution in [2.24, 2.45) is 0 Å². The Kier molecular flexibility index (Phi) is 5.25. The molecule has 27 heavy (non-hydrogen) atoms. The van der Waals surface area contributed by atoms with E-state index in [-0.39, 0.29) is 0 Å². The molecule has 1 aliphatic heterocycles. The molecule has 0 spiro atoms. The second kappa shape index (κ2) is 7.96. The van der Waals surface area contributed by atoms with Gasteiger partial charge in [0.15, 0.2) is 0 Å². The third-order valence-electron chi connectivity index (χ3n) is 5.35. The first-order valence-corrected chi connectivity index (χ1v) is 9.78. The smallest absolute Gasteiger partial charge is 0.0921 e. The first kappa shape index (κ1) is 17.8. The fraction of sp³-hybridized carbons (Fsp3) is 0.429. The fourth-order valence-electron chi connectivity index (χ4n) is 3.87. The lowest BCUT2D eigenvalue weighted by Crippen LogP contribution is -2.43. The van der Waals surface area contributed by atoms with Gasteiger partial charge in [0.1, 0.15) is 0 Å². The van der Waals surface area contributed by atoms with Gasteiger partial charge < -0.3 is 15.2 Å². The number of hydrogen-bond acceptors (Lipinski definition) is 4. The minimum absolute atomic E-state index is 0.609. The molecule has 0 amide bonds. The number of imidazole rings is 1. The summed E-state index contributed by atoms with van der Waals surface area (Å²) < 4.78 is 2.01. The average molecular weight is 364 g/mol. The number of piperidine rings is 1. The zero-order chi connectivity index (χ0) is 18.6. The standard InChI is InChI=1S/C21H28N6/c1-16-13-17(2)27(25-16)21-5-3-20(4-6-21)26-11-8-18(9-12-26)23-10-7-19-14-22-15-24-19/h3-6,13-15,18,23H,7-12H2,1-2H3,(H,22,24). The number of H-pyrrole nitrogens is 1. The van der Waals surface area contributed by atoms with Crippen molar-refractivity contribution in [2.75, 3.05) is 24.5 Å². The number of anilines is 1. The monoisotopic (exact) mass is 364 g/mol. The second-order valence-corrected chi connectivity index (χ2v) is 7.40. The average Bonchev–Trinajstić information content (AvgIpc) is 3.32. The lowest BCUT2D eigenvalue weighted by molar-refractivity contribution is 0.417. The Morgan fingerprint density at radius 1 is 1.11 bits per heavy atom.